The summed E-state index contributed by atoms with van der Waals surface area (Å²) in [6.45, 7) is 3.51. The largest absolute Gasteiger partial charge is 0.325 e. The summed E-state index contributed by atoms with van der Waals surface area (Å²) in [5.41, 5.74) is 1.30. The molecule has 0 aliphatic heterocycles. The molecule has 19 heavy (non-hydrogen) atoms. The van der Waals surface area contributed by atoms with Gasteiger partial charge in [0.1, 0.15) is 0 Å². The highest BCUT2D eigenvalue weighted by Gasteiger charge is 2.19. The highest BCUT2D eigenvalue weighted by atomic mass is 79.9. The van der Waals surface area contributed by atoms with Gasteiger partial charge >= 0.3 is 0 Å². The van der Waals surface area contributed by atoms with E-state index in [9.17, 15) is 13.2 Å². The number of anilines is 1. The van der Waals surface area contributed by atoms with Crippen molar-refractivity contribution in [3.63, 3.8) is 0 Å². The summed E-state index contributed by atoms with van der Waals surface area (Å²) in [7, 11) is -0.569. The predicted octanol–water partition coefficient (Wildman–Crippen LogP) is 1.97. The summed E-state index contributed by atoms with van der Waals surface area (Å²) in [5.74, 6) is -0.220. The van der Waals surface area contributed by atoms with Crippen LogP contribution in [0, 0.1) is 6.92 Å². The second kappa shape index (κ2) is 6.02. The molecule has 1 aromatic carbocycles. The van der Waals surface area contributed by atoms with E-state index in [1.807, 2.05) is 0 Å². The maximum absolute atomic E-state index is 12.0. The number of halogens is 1. The molecule has 7 heteroatoms. The average molecular weight is 349 g/mol. The first-order chi connectivity index (χ1) is 8.66. The van der Waals surface area contributed by atoms with Crippen molar-refractivity contribution in [2.24, 2.45) is 0 Å². The molecule has 0 saturated heterocycles. The lowest BCUT2D eigenvalue weighted by Crippen LogP contribution is -2.23. The van der Waals surface area contributed by atoms with E-state index in [1.165, 1.54) is 26.2 Å². The number of aryl methyl sites for hydroxylation is 1. The van der Waals surface area contributed by atoms with Crippen LogP contribution in [-0.4, -0.2) is 37.6 Å². The number of alkyl halides is 1. The van der Waals surface area contributed by atoms with Crippen LogP contribution in [0.2, 0.25) is 0 Å². The Hall–Kier alpha value is -0.920. The van der Waals surface area contributed by atoms with Crippen molar-refractivity contribution >= 4 is 37.5 Å². The summed E-state index contributed by atoms with van der Waals surface area (Å²) in [6, 6.07) is 4.67. The molecule has 0 aliphatic rings. The quantitative estimate of drug-likeness (QED) is 0.846. The standard InChI is InChI=1S/C12H17BrN2O3S/c1-8-5-6-10(19(17,18)15(3)4)7-11(8)14-12(16)9(2)13/h5-7,9H,1-4H3,(H,14,16). The van der Waals surface area contributed by atoms with E-state index in [0.29, 0.717) is 5.69 Å². The van der Waals surface area contributed by atoms with Crippen LogP contribution in [-0.2, 0) is 14.8 Å². The lowest BCUT2D eigenvalue weighted by atomic mass is 10.2. The zero-order valence-corrected chi connectivity index (χ0v) is 13.7. The molecule has 0 bridgehead atoms. The Morgan fingerprint density at radius 1 is 1.37 bits per heavy atom. The molecule has 0 aromatic heterocycles. The van der Waals surface area contributed by atoms with Gasteiger partial charge in [-0.05, 0) is 31.5 Å². The second-order valence-corrected chi connectivity index (χ2v) is 7.89. The SMILES string of the molecule is Cc1ccc(S(=O)(=O)N(C)C)cc1NC(=O)C(C)Br. The number of amides is 1. The third-order valence-electron chi connectivity index (χ3n) is 2.61. The van der Waals surface area contributed by atoms with Crippen LogP contribution >= 0.6 is 15.9 Å². The van der Waals surface area contributed by atoms with E-state index < -0.39 is 10.0 Å². The molecule has 5 nitrogen and oxygen atoms in total. The van der Waals surface area contributed by atoms with Crippen LogP contribution in [0.15, 0.2) is 23.1 Å². The third kappa shape index (κ3) is 3.77. The summed E-state index contributed by atoms with van der Waals surface area (Å²) < 4.78 is 25.2. The van der Waals surface area contributed by atoms with Crippen LogP contribution in [0.3, 0.4) is 0 Å². The fourth-order valence-corrected chi connectivity index (χ4v) is 2.38. The summed E-state index contributed by atoms with van der Waals surface area (Å²) >= 11 is 3.16. The van der Waals surface area contributed by atoms with Crippen LogP contribution in [0.1, 0.15) is 12.5 Å². The Morgan fingerprint density at radius 2 is 1.95 bits per heavy atom. The van der Waals surface area contributed by atoms with Crippen molar-refractivity contribution < 1.29 is 13.2 Å². The number of carbonyl (C=O) groups excluding carboxylic acids is 1. The van der Waals surface area contributed by atoms with Crippen molar-refractivity contribution in [1.29, 1.82) is 0 Å². The van der Waals surface area contributed by atoms with Gasteiger partial charge in [-0.15, -0.1) is 0 Å². The molecule has 1 rings (SSSR count). The number of hydrogen-bond acceptors (Lipinski definition) is 3. The molecular formula is C12H17BrN2O3S. The zero-order chi connectivity index (χ0) is 14.8. The van der Waals surface area contributed by atoms with Gasteiger partial charge in [0.15, 0.2) is 0 Å². The summed E-state index contributed by atoms with van der Waals surface area (Å²) in [4.78, 5) is 11.4. The maximum Gasteiger partial charge on any atom is 0.242 e. The molecule has 0 saturated carbocycles. The minimum atomic E-state index is -3.50. The van der Waals surface area contributed by atoms with Crippen molar-refractivity contribution in [3.05, 3.63) is 23.8 Å². The molecular weight excluding hydrogens is 332 g/mol. The van der Waals surface area contributed by atoms with Crippen LogP contribution in [0.5, 0.6) is 0 Å². The molecule has 0 spiro atoms. The van der Waals surface area contributed by atoms with Gasteiger partial charge in [0.05, 0.1) is 9.72 Å². The first-order valence-electron chi connectivity index (χ1n) is 5.64. The van der Waals surface area contributed by atoms with Gasteiger partial charge in [0.2, 0.25) is 15.9 Å². The minimum absolute atomic E-state index is 0.153. The molecule has 0 aliphatic carbocycles. The topological polar surface area (TPSA) is 66.5 Å². The average Bonchev–Trinajstić information content (AvgIpc) is 2.31. The van der Waals surface area contributed by atoms with Gasteiger partial charge in [-0.1, -0.05) is 22.0 Å². The molecule has 0 radical (unpaired) electrons. The van der Waals surface area contributed by atoms with Crippen LogP contribution in [0.25, 0.3) is 0 Å². The smallest absolute Gasteiger partial charge is 0.242 e. The van der Waals surface area contributed by atoms with E-state index in [4.69, 9.17) is 0 Å². The molecule has 0 heterocycles. The Kier molecular flexibility index (Phi) is 5.11. The highest BCUT2D eigenvalue weighted by molar-refractivity contribution is 9.10. The number of rotatable bonds is 4. The summed E-state index contributed by atoms with van der Waals surface area (Å²) in [5, 5.41) is 2.69. The Labute approximate surface area is 122 Å². The lowest BCUT2D eigenvalue weighted by Gasteiger charge is -2.14. The lowest BCUT2D eigenvalue weighted by molar-refractivity contribution is -0.115. The number of benzene rings is 1. The van der Waals surface area contributed by atoms with E-state index in [-0.39, 0.29) is 15.6 Å². The molecule has 1 unspecified atom stereocenters. The van der Waals surface area contributed by atoms with Crippen LogP contribution in [0.4, 0.5) is 5.69 Å². The fraction of sp³-hybridized carbons (Fsp3) is 0.417. The molecule has 1 N–H and O–H groups in total. The van der Waals surface area contributed by atoms with Gasteiger partial charge in [0.25, 0.3) is 0 Å². The maximum atomic E-state index is 12.0. The van der Waals surface area contributed by atoms with Crippen molar-refractivity contribution in [2.75, 3.05) is 19.4 Å². The number of hydrogen-bond donors (Lipinski definition) is 1. The normalized spacial score (nSPS) is 13.4. The van der Waals surface area contributed by atoms with Crippen molar-refractivity contribution in [1.82, 2.24) is 4.31 Å². The first-order valence-corrected chi connectivity index (χ1v) is 8.00. The van der Waals surface area contributed by atoms with Gasteiger partial charge in [-0.3, -0.25) is 4.79 Å². The summed E-state index contributed by atoms with van der Waals surface area (Å²) in [6.07, 6.45) is 0. The van der Waals surface area contributed by atoms with Gasteiger partial charge in [-0.25, -0.2) is 12.7 Å². The number of sulfonamides is 1. The molecule has 1 aromatic rings. The first kappa shape index (κ1) is 16.1. The minimum Gasteiger partial charge on any atom is -0.325 e. The van der Waals surface area contributed by atoms with E-state index in [1.54, 1.807) is 19.9 Å². The van der Waals surface area contributed by atoms with Crippen molar-refractivity contribution in [3.8, 4) is 0 Å². The number of carbonyl (C=O) groups is 1. The van der Waals surface area contributed by atoms with Crippen molar-refractivity contribution in [2.45, 2.75) is 23.6 Å². The second-order valence-electron chi connectivity index (χ2n) is 4.37. The van der Waals surface area contributed by atoms with E-state index in [0.717, 1.165) is 9.87 Å². The van der Waals surface area contributed by atoms with Gasteiger partial charge < -0.3 is 5.32 Å². The Bertz CT molecular complexity index is 583. The van der Waals surface area contributed by atoms with Crippen LogP contribution < -0.4 is 5.32 Å². The molecule has 0 fully saturated rings. The monoisotopic (exact) mass is 348 g/mol. The molecule has 1 atom stereocenters. The highest BCUT2D eigenvalue weighted by Crippen LogP contribution is 2.22. The number of nitrogens with one attached hydrogen (secondary N) is 1. The van der Waals surface area contributed by atoms with Gasteiger partial charge in [0, 0.05) is 19.8 Å². The predicted molar refractivity (Wildman–Crippen MR) is 79.1 cm³/mol. The fourth-order valence-electron chi connectivity index (χ4n) is 1.34. The van der Waals surface area contributed by atoms with E-state index >= 15 is 0 Å². The Morgan fingerprint density at radius 3 is 2.42 bits per heavy atom. The zero-order valence-electron chi connectivity index (χ0n) is 11.3. The molecule has 1 amide bonds. The Balaban J connectivity index is 3.19. The van der Waals surface area contributed by atoms with Gasteiger partial charge in [-0.2, -0.15) is 0 Å². The number of nitrogens with zero attached hydrogens (tertiary/aromatic N) is 1. The molecule has 106 valence electrons. The van der Waals surface area contributed by atoms with E-state index in [2.05, 4.69) is 21.2 Å². The third-order valence-corrected chi connectivity index (χ3v) is 4.83.